The van der Waals surface area contributed by atoms with Gasteiger partial charge in [0, 0.05) is 6.04 Å². The first-order valence-electron chi connectivity index (χ1n) is 3.88. The summed E-state index contributed by atoms with van der Waals surface area (Å²) < 4.78 is 0. The summed E-state index contributed by atoms with van der Waals surface area (Å²) in [4.78, 5) is 31.3. The lowest BCUT2D eigenvalue weighted by Gasteiger charge is -2.13. The highest BCUT2D eigenvalue weighted by molar-refractivity contribution is 5.80. The van der Waals surface area contributed by atoms with E-state index in [1.165, 1.54) is 0 Å². The highest BCUT2D eigenvalue weighted by Gasteiger charge is 2.18. The molecule has 0 fully saturated rings. The molecule has 0 aromatic heterocycles. The zero-order chi connectivity index (χ0) is 11.1. The van der Waals surface area contributed by atoms with Crippen molar-refractivity contribution in [2.75, 3.05) is 6.54 Å². The van der Waals surface area contributed by atoms with Crippen LogP contribution < -0.4 is 11.1 Å². The predicted molar refractivity (Wildman–Crippen MR) is 45.5 cm³/mol. The van der Waals surface area contributed by atoms with Crippen molar-refractivity contribution in [1.29, 1.82) is 0 Å². The molecule has 5 N–H and O–H groups in total. The van der Waals surface area contributed by atoms with Crippen molar-refractivity contribution in [2.45, 2.75) is 18.9 Å². The van der Waals surface area contributed by atoms with E-state index in [0.717, 1.165) is 0 Å². The van der Waals surface area contributed by atoms with Gasteiger partial charge in [0.1, 0.15) is 0 Å². The SMILES string of the molecule is NCC(=O)NC(CC(=O)O)CC(=O)O. The minimum absolute atomic E-state index is 0.296. The van der Waals surface area contributed by atoms with E-state index in [2.05, 4.69) is 5.32 Å². The van der Waals surface area contributed by atoms with Gasteiger partial charge in [-0.25, -0.2) is 0 Å². The maximum Gasteiger partial charge on any atom is 0.305 e. The van der Waals surface area contributed by atoms with E-state index in [1.54, 1.807) is 0 Å². The number of rotatable bonds is 6. The number of aliphatic carboxylic acids is 2. The number of nitrogens with one attached hydrogen (secondary N) is 1. The summed E-state index contributed by atoms with van der Waals surface area (Å²) in [5.74, 6) is -2.92. The summed E-state index contributed by atoms with van der Waals surface area (Å²) in [6, 6.07) is -0.916. The normalized spacial score (nSPS) is 9.86. The third-order valence-electron chi connectivity index (χ3n) is 1.39. The summed E-state index contributed by atoms with van der Waals surface area (Å²) in [5.41, 5.74) is 4.98. The van der Waals surface area contributed by atoms with Gasteiger partial charge in [0.05, 0.1) is 19.4 Å². The van der Waals surface area contributed by atoms with Crippen molar-refractivity contribution in [3.8, 4) is 0 Å². The lowest BCUT2D eigenvalue weighted by Crippen LogP contribution is -2.41. The number of hydrogen-bond acceptors (Lipinski definition) is 4. The van der Waals surface area contributed by atoms with Crippen LogP contribution in [0.3, 0.4) is 0 Å². The number of carbonyl (C=O) groups excluding carboxylic acids is 1. The van der Waals surface area contributed by atoms with Crippen molar-refractivity contribution >= 4 is 17.8 Å². The molecule has 0 saturated heterocycles. The van der Waals surface area contributed by atoms with Gasteiger partial charge in [0.2, 0.25) is 5.91 Å². The smallest absolute Gasteiger partial charge is 0.305 e. The first-order valence-corrected chi connectivity index (χ1v) is 3.88. The van der Waals surface area contributed by atoms with Gasteiger partial charge in [-0.2, -0.15) is 0 Å². The molecule has 0 rings (SSSR count). The summed E-state index contributed by atoms with van der Waals surface area (Å²) in [5, 5.41) is 19.0. The number of amides is 1. The Balaban J connectivity index is 4.16. The van der Waals surface area contributed by atoms with Crippen LogP contribution in [0.4, 0.5) is 0 Å². The number of carbonyl (C=O) groups is 3. The van der Waals surface area contributed by atoms with E-state index in [-0.39, 0.29) is 6.54 Å². The minimum atomic E-state index is -1.17. The van der Waals surface area contributed by atoms with E-state index in [0.29, 0.717) is 0 Å². The standard InChI is InChI=1S/C7H12N2O5/c8-3-5(10)9-4(1-6(11)12)2-7(13)14/h4H,1-3,8H2,(H,9,10)(H,11,12)(H,13,14). The molecule has 0 aliphatic heterocycles. The van der Waals surface area contributed by atoms with Gasteiger partial charge in [-0.3, -0.25) is 14.4 Å². The van der Waals surface area contributed by atoms with Crippen LogP contribution in [0.25, 0.3) is 0 Å². The van der Waals surface area contributed by atoms with Crippen LogP contribution in [0.15, 0.2) is 0 Å². The molecule has 1 amide bonds. The van der Waals surface area contributed by atoms with Crippen LogP contribution in [0, 0.1) is 0 Å². The van der Waals surface area contributed by atoms with Crippen molar-refractivity contribution in [3.63, 3.8) is 0 Å². The van der Waals surface area contributed by atoms with E-state index in [4.69, 9.17) is 15.9 Å². The highest BCUT2D eigenvalue weighted by atomic mass is 16.4. The molecule has 14 heavy (non-hydrogen) atoms. The van der Waals surface area contributed by atoms with Gasteiger partial charge >= 0.3 is 11.9 Å². The average Bonchev–Trinajstić information content (AvgIpc) is 2.01. The van der Waals surface area contributed by atoms with E-state index in [1.807, 2.05) is 0 Å². The van der Waals surface area contributed by atoms with Gasteiger partial charge in [-0.05, 0) is 0 Å². The minimum Gasteiger partial charge on any atom is -0.481 e. The second-order valence-corrected chi connectivity index (χ2v) is 2.66. The third kappa shape index (κ3) is 5.95. The van der Waals surface area contributed by atoms with Crippen LogP contribution in [0.2, 0.25) is 0 Å². The zero-order valence-corrected chi connectivity index (χ0v) is 7.40. The Hall–Kier alpha value is -1.63. The van der Waals surface area contributed by atoms with Crippen molar-refractivity contribution in [2.24, 2.45) is 5.73 Å². The lowest BCUT2D eigenvalue weighted by molar-refractivity contribution is -0.139. The predicted octanol–water partition coefficient (Wildman–Crippen LogP) is -1.62. The van der Waals surface area contributed by atoms with Crippen LogP contribution in [0.1, 0.15) is 12.8 Å². The molecule has 0 heterocycles. The molecule has 0 radical (unpaired) electrons. The van der Waals surface area contributed by atoms with Gasteiger partial charge in [0.15, 0.2) is 0 Å². The zero-order valence-electron chi connectivity index (χ0n) is 7.40. The molecule has 0 unspecified atom stereocenters. The molecule has 0 atom stereocenters. The molecule has 0 aromatic rings. The molecule has 80 valence electrons. The average molecular weight is 204 g/mol. The second kappa shape index (κ2) is 5.92. The van der Waals surface area contributed by atoms with Crippen LogP contribution in [-0.4, -0.2) is 40.6 Å². The van der Waals surface area contributed by atoms with Gasteiger partial charge in [-0.15, -0.1) is 0 Å². The Labute approximate surface area is 79.9 Å². The maximum absolute atomic E-state index is 10.8. The Bertz CT molecular complexity index is 224. The first kappa shape index (κ1) is 12.4. The lowest BCUT2D eigenvalue weighted by atomic mass is 10.1. The molecular formula is C7H12N2O5. The third-order valence-corrected chi connectivity index (χ3v) is 1.39. The largest absolute Gasteiger partial charge is 0.481 e. The van der Waals surface area contributed by atoms with Gasteiger partial charge < -0.3 is 21.3 Å². The number of hydrogen-bond donors (Lipinski definition) is 4. The van der Waals surface area contributed by atoms with Gasteiger partial charge in [-0.1, -0.05) is 0 Å². The van der Waals surface area contributed by atoms with Crippen LogP contribution in [-0.2, 0) is 14.4 Å². The van der Waals surface area contributed by atoms with Crippen molar-refractivity contribution in [1.82, 2.24) is 5.32 Å². The Morgan fingerprint density at radius 3 is 1.86 bits per heavy atom. The number of nitrogens with two attached hydrogens (primary N) is 1. The van der Waals surface area contributed by atoms with Gasteiger partial charge in [0.25, 0.3) is 0 Å². The van der Waals surface area contributed by atoms with E-state index in [9.17, 15) is 14.4 Å². The molecule has 0 aromatic carbocycles. The summed E-state index contributed by atoms with van der Waals surface area (Å²) in [7, 11) is 0. The molecule has 0 aliphatic rings. The fraction of sp³-hybridized carbons (Fsp3) is 0.571. The molecule has 7 nitrogen and oxygen atoms in total. The molecule has 0 saturated carbocycles. The Kier molecular flexibility index (Phi) is 5.23. The Morgan fingerprint density at radius 2 is 1.57 bits per heavy atom. The van der Waals surface area contributed by atoms with Crippen molar-refractivity contribution in [3.05, 3.63) is 0 Å². The van der Waals surface area contributed by atoms with Crippen molar-refractivity contribution < 1.29 is 24.6 Å². The summed E-state index contributed by atoms with van der Waals surface area (Å²) >= 11 is 0. The first-order chi connectivity index (χ1) is 6.45. The maximum atomic E-state index is 10.8. The molecule has 0 spiro atoms. The summed E-state index contributed by atoms with van der Waals surface area (Å²) in [6.07, 6.45) is -0.865. The van der Waals surface area contributed by atoms with Crippen LogP contribution in [0.5, 0.6) is 0 Å². The molecular weight excluding hydrogens is 192 g/mol. The fourth-order valence-corrected chi connectivity index (χ4v) is 0.882. The molecule has 7 heteroatoms. The van der Waals surface area contributed by atoms with E-state index < -0.39 is 36.7 Å². The summed E-state index contributed by atoms with van der Waals surface area (Å²) in [6.45, 7) is -0.296. The molecule has 0 bridgehead atoms. The quantitative estimate of drug-likeness (QED) is 0.411. The topological polar surface area (TPSA) is 130 Å². The van der Waals surface area contributed by atoms with E-state index >= 15 is 0 Å². The monoisotopic (exact) mass is 204 g/mol. The highest BCUT2D eigenvalue weighted by Crippen LogP contribution is 1.98. The van der Waals surface area contributed by atoms with Crippen LogP contribution >= 0.6 is 0 Å². The molecule has 0 aliphatic carbocycles. The number of carboxylic acid groups (broad SMARTS) is 2. The number of carboxylic acids is 2. The fourth-order valence-electron chi connectivity index (χ4n) is 0.882. The second-order valence-electron chi connectivity index (χ2n) is 2.66. The Morgan fingerprint density at radius 1 is 1.14 bits per heavy atom.